The molecule has 2 fully saturated rings. The van der Waals surface area contributed by atoms with Gasteiger partial charge in [-0.05, 0) is 36.9 Å². The van der Waals surface area contributed by atoms with Crippen molar-refractivity contribution in [2.45, 2.75) is 17.7 Å². The summed E-state index contributed by atoms with van der Waals surface area (Å²) in [6.45, 7) is 2.62. The van der Waals surface area contributed by atoms with Crippen molar-refractivity contribution in [2.24, 2.45) is 5.41 Å². The van der Waals surface area contributed by atoms with Crippen LogP contribution in [0.4, 0.5) is 4.39 Å². The summed E-state index contributed by atoms with van der Waals surface area (Å²) in [6.07, 6.45) is 1.78. The molecule has 1 unspecified atom stereocenters. The van der Waals surface area contributed by atoms with Crippen molar-refractivity contribution in [1.82, 2.24) is 9.62 Å². The Labute approximate surface area is 145 Å². The van der Waals surface area contributed by atoms with Gasteiger partial charge in [0.1, 0.15) is 10.7 Å². The van der Waals surface area contributed by atoms with Gasteiger partial charge in [-0.2, -0.15) is 4.31 Å². The van der Waals surface area contributed by atoms with Gasteiger partial charge in [0.05, 0.1) is 10.0 Å². The monoisotopic (exact) mass is 388 g/mol. The molecular weight excluding hydrogens is 374 g/mol. The van der Waals surface area contributed by atoms with Gasteiger partial charge in [0, 0.05) is 19.6 Å². The second-order valence-electron chi connectivity index (χ2n) is 5.71. The van der Waals surface area contributed by atoms with E-state index >= 15 is 0 Å². The van der Waals surface area contributed by atoms with Gasteiger partial charge in [-0.15, -0.1) is 12.4 Å². The summed E-state index contributed by atoms with van der Waals surface area (Å²) < 4.78 is 40.1. The standard InChI is InChI=1S/C13H15Cl2FN2O2S.ClH/c14-10-5-9(16)6-11(15)12(10)21(19,20)18-4-2-13(8-18)1-3-17-7-13;/h5-6,17H,1-4,7-8H2;1H. The van der Waals surface area contributed by atoms with Gasteiger partial charge < -0.3 is 5.32 Å². The fourth-order valence-corrected chi connectivity index (χ4v) is 5.84. The summed E-state index contributed by atoms with van der Waals surface area (Å²) >= 11 is 11.8. The Morgan fingerprint density at radius 3 is 2.41 bits per heavy atom. The second-order valence-corrected chi connectivity index (χ2v) is 8.40. The van der Waals surface area contributed by atoms with Crippen molar-refractivity contribution in [3.05, 3.63) is 28.0 Å². The first-order valence-corrected chi connectivity index (χ1v) is 8.89. The first-order chi connectivity index (χ1) is 9.84. The van der Waals surface area contributed by atoms with Crippen LogP contribution in [0, 0.1) is 11.2 Å². The molecule has 1 aromatic carbocycles. The minimum absolute atomic E-state index is 0. The molecule has 9 heteroatoms. The zero-order valence-corrected chi connectivity index (χ0v) is 14.8. The molecule has 4 nitrogen and oxygen atoms in total. The number of halogens is 4. The molecule has 0 radical (unpaired) electrons. The molecule has 2 heterocycles. The Hall–Kier alpha value is -0.110. The first-order valence-electron chi connectivity index (χ1n) is 6.70. The third-order valence-corrected chi connectivity index (χ3v) is 7.06. The van der Waals surface area contributed by atoms with Crippen molar-refractivity contribution < 1.29 is 12.8 Å². The van der Waals surface area contributed by atoms with Gasteiger partial charge in [-0.25, -0.2) is 12.8 Å². The zero-order valence-electron chi connectivity index (χ0n) is 11.6. The van der Waals surface area contributed by atoms with Crippen LogP contribution in [0.2, 0.25) is 10.0 Å². The van der Waals surface area contributed by atoms with Crippen LogP contribution in [0.25, 0.3) is 0 Å². The zero-order chi connectivity index (χ0) is 15.3. The number of sulfonamides is 1. The molecule has 3 rings (SSSR count). The molecule has 0 amide bonds. The maximum Gasteiger partial charge on any atom is 0.246 e. The summed E-state index contributed by atoms with van der Waals surface area (Å²) in [4.78, 5) is -0.199. The van der Waals surface area contributed by atoms with Crippen LogP contribution >= 0.6 is 35.6 Å². The van der Waals surface area contributed by atoms with Crippen molar-refractivity contribution >= 4 is 45.6 Å². The minimum atomic E-state index is -3.81. The Morgan fingerprint density at radius 1 is 1.23 bits per heavy atom. The maximum absolute atomic E-state index is 13.2. The van der Waals surface area contributed by atoms with Crippen LogP contribution in [0.1, 0.15) is 12.8 Å². The van der Waals surface area contributed by atoms with Crippen molar-refractivity contribution in [3.8, 4) is 0 Å². The van der Waals surface area contributed by atoms with E-state index in [0.29, 0.717) is 13.1 Å². The van der Waals surface area contributed by atoms with E-state index in [2.05, 4.69) is 5.32 Å². The lowest BCUT2D eigenvalue weighted by Gasteiger charge is -2.23. The van der Waals surface area contributed by atoms with Crippen LogP contribution in [-0.2, 0) is 10.0 Å². The molecule has 2 aliphatic rings. The van der Waals surface area contributed by atoms with Crippen molar-refractivity contribution in [3.63, 3.8) is 0 Å². The number of nitrogens with one attached hydrogen (secondary N) is 1. The van der Waals surface area contributed by atoms with Crippen LogP contribution in [0.15, 0.2) is 17.0 Å². The summed E-state index contributed by atoms with van der Waals surface area (Å²) in [6, 6.07) is 1.95. The third-order valence-electron chi connectivity index (χ3n) is 4.30. The van der Waals surface area contributed by atoms with Crippen molar-refractivity contribution in [1.29, 1.82) is 0 Å². The van der Waals surface area contributed by atoms with Gasteiger partial charge >= 0.3 is 0 Å². The lowest BCUT2D eigenvalue weighted by Crippen LogP contribution is -2.33. The Bertz CT molecular complexity index is 655. The van der Waals surface area contributed by atoms with Crippen LogP contribution < -0.4 is 5.32 Å². The highest BCUT2D eigenvalue weighted by molar-refractivity contribution is 7.89. The average molecular weight is 390 g/mol. The Balaban J connectivity index is 0.00000176. The Morgan fingerprint density at radius 2 is 1.86 bits per heavy atom. The lowest BCUT2D eigenvalue weighted by atomic mass is 9.87. The van der Waals surface area contributed by atoms with E-state index in [-0.39, 0.29) is 32.8 Å². The topological polar surface area (TPSA) is 49.4 Å². The molecule has 1 spiro atoms. The first kappa shape index (κ1) is 18.2. The molecular formula is C13H16Cl3FN2O2S. The SMILES string of the molecule is Cl.O=S(=O)(c1c(Cl)cc(F)cc1Cl)N1CCC2(CCNC2)C1. The largest absolute Gasteiger partial charge is 0.316 e. The molecule has 0 aromatic heterocycles. The van der Waals surface area contributed by atoms with Gasteiger partial charge in [0.15, 0.2) is 0 Å². The summed E-state index contributed by atoms with van der Waals surface area (Å²) in [5, 5.41) is 2.92. The molecule has 1 aromatic rings. The predicted octanol–water partition coefficient (Wildman–Crippen LogP) is 2.93. The number of rotatable bonds is 2. The van der Waals surface area contributed by atoms with E-state index in [1.54, 1.807) is 0 Å². The Kier molecular flexibility index (Phi) is 5.32. The van der Waals surface area contributed by atoms with Crippen LogP contribution in [0.3, 0.4) is 0 Å². The van der Waals surface area contributed by atoms with E-state index in [0.717, 1.165) is 38.1 Å². The van der Waals surface area contributed by atoms with Gasteiger partial charge in [-0.3, -0.25) is 0 Å². The molecule has 0 saturated carbocycles. The third kappa shape index (κ3) is 3.09. The average Bonchev–Trinajstić information content (AvgIpc) is 2.99. The van der Waals surface area contributed by atoms with Crippen LogP contribution in [-0.4, -0.2) is 38.9 Å². The second kappa shape index (κ2) is 6.42. The van der Waals surface area contributed by atoms with E-state index in [1.807, 2.05) is 0 Å². The smallest absolute Gasteiger partial charge is 0.246 e. The van der Waals surface area contributed by atoms with Gasteiger partial charge in [0.25, 0.3) is 0 Å². The van der Waals surface area contributed by atoms with Crippen LogP contribution in [0.5, 0.6) is 0 Å². The van der Waals surface area contributed by atoms with E-state index in [9.17, 15) is 12.8 Å². The lowest BCUT2D eigenvalue weighted by molar-refractivity contribution is 0.338. The summed E-state index contributed by atoms with van der Waals surface area (Å²) in [5.41, 5.74) is 0.00600. The van der Waals surface area contributed by atoms with Crippen molar-refractivity contribution in [2.75, 3.05) is 26.2 Å². The molecule has 22 heavy (non-hydrogen) atoms. The van der Waals surface area contributed by atoms with E-state index < -0.39 is 15.8 Å². The fourth-order valence-electron chi connectivity index (χ4n) is 3.15. The number of hydrogen-bond donors (Lipinski definition) is 1. The molecule has 1 N–H and O–H groups in total. The number of benzene rings is 1. The summed E-state index contributed by atoms with van der Waals surface area (Å²) in [7, 11) is -3.81. The molecule has 0 aliphatic carbocycles. The molecule has 1 atom stereocenters. The molecule has 0 bridgehead atoms. The quantitative estimate of drug-likeness (QED) is 0.846. The summed E-state index contributed by atoms with van der Waals surface area (Å²) in [5.74, 6) is -0.651. The van der Waals surface area contributed by atoms with E-state index in [1.165, 1.54) is 4.31 Å². The predicted molar refractivity (Wildman–Crippen MR) is 87.0 cm³/mol. The number of hydrogen-bond acceptors (Lipinski definition) is 3. The molecule has 124 valence electrons. The molecule has 2 aliphatic heterocycles. The highest BCUT2D eigenvalue weighted by atomic mass is 35.5. The molecule has 2 saturated heterocycles. The van der Waals surface area contributed by atoms with Gasteiger partial charge in [0.2, 0.25) is 10.0 Å². The highest BCUT2D eigenvalue weighted by Gasteiger charge is 2.45. The maximum atomic E-state index is 13.2. The van der Waals surface area contributed by atoms with E-state index in [4.69, 9.17) is 23.2 Å². The van der Waals surface area contributed by atoms with Gasteiger partial charge in [-0.1, -0.05) is 23.2 Å². The minimum Gasteiger partial charge on any atom is -0.316 e. The fraction of sp³-hybridized carbons (Fsp3) is 0.538. The highest BCUT2D eigenvalue weighted by Crippen LogP contribution is 2.40. The normalized spacial score (nSPS) is 25.6. The number of nitrogens with zero attached hydrogens (tertiary/aromatic N) is 1.